The Morgan fingerprint density at radius 3 is 2.33 bits per heavy atom. The highest BCUT2D eigenvalue weighted by atomic mass is 31.2. The number of hydrogen-bond acceptors (Lipinski definition) is 2. The summed E-state index contributed by atoms with van der Waals surface area (Å²) in [5.74, 6) is 1.33. The zero-order valence-electron chi connectivity index (χ0n) is 8.37. The average Bonchev–Trinajstić information content (AvgIpc) is 2.08. The van der Waals surface area contributed by atoms with E-state index in [1.165, 1.54) is 5.57 Å². The first-order chi connectivity index (χ1) is 7.01. The van der Waals surface area contributed by atoms with E-state index in [1.54, 1.807) is 0 Å². The molecule has 4 nitrogen and oxygen atoms in total. The van der Waals surface area contributed by atoms with Crippen LogP contribution in [0.15, 0.2) is 11.6 Å². The van der Waals surface area contributed by atoms with Crippen molar-refractivity contribution in [3.63, 3.8) is 0 Å². The minimum Gasteiger partial charge on any atom is -0.303 e. The van der Waals surface area contributed by atoms with Gasteiger partial charge in [0.25, 0.3) is 0 Å². The molecule has 0 aliphatic heterocycles. The van der Waals surface area contributed by atoms with Crippen molar-refractivity contribution >= 4 is 7.82 Å². The van der Waals surface area contributed by atoms with Gasteiger partial charge < -0.3 is 9.79 Å². The Kier molecular flexibility index (Phi) is 2.12. The van der Waals surface area contributed by atoms with Gasteiger partial charge in [0.1, 0.15) is 0 Å². The van der Waals surface area contributed by atoms with E-state index >= 15 is 0 Å². The standard InChI is InChI=1S/C10H15O4P/c11-15(12,13)14-10-8-2-6-1-7(4-8)5-9(10)3-6/h1,6,8-10H,2-5H2,(H2,11,12,13). The molecule has 2 saturated carbocycles. The molecule has 4 rings (SSSR count). The Balaban J connectivity index is 1.82. The van der Waals surface area contributed by atoms with Crippen LogP contribution in [0.1, 0.15) is 25.7 Å². The SMILES string of the molecule is O=P(O)(O)OC1C2CC3=CC(C2)CC1C3. The third-order valence-corrected chi connectivity index (χ3v) is 4.44. The van der Waals surface area contributed by atoms with Gasteiger partial charge in [-0.2, -0.15) is 0 Å². The third kappa shape index (κ3) is 1.80. The second kappa shape index (κ2) is 3.17. The van der Waals surface area contributed by atoms with Gasteiger partial charge in [-0.15, -0.1) is 0 Å². The number of hydrogen-bond donors (Lipinski definition) is 2. The van der Waals surface area contributed by atoms with Crippen molar-refractivity contribution in [3.8, 4) is 0 Å². The molecule has 2 atom stereocenters. The first kappa shape index (κ1) is 10.0. The molecule has 0 heterocycles. The first-order valence-electron chi connectivity index (χ1n) is 5.45. The van der Waals surface area contributed by atoms with Crippen LogP contribution in [0.5, 0.6) is 0 Å². The highest BCUT2D eigenvalue weighted by molar-refractivity contribution is 7.46. The normalized spacial score (nSPS) is 43.2. The summed E-state index contributed by atoms with van der Waals surface area (Å²) in [5.41, 5.74) is 1.48. The van der Waals surface area contributed by atoms with Gasteiger partial charge in [-0.05, 0) is 43.4 Å². The van der Waals surface area contributed by atoms with Gasteiger partial charge in [-0.3, -0.25) is 4.52 Å². The van der Waals surface area contributed by atoms with E-state index in [-0.39, 0.29) is 6.10 Å². The molecule has 4 aliphatic carbocycles. The zero-order chi connectivity index (χ0) is 10.6. The molecule has 0 spiro atoms. The van der Waals surface area contributed by atoms with Crippen LogP contribution < -0.4 is 0 Å². The number of phosphoric ester groups is 1. The summed E-state index contributed by atoms with van der Waals surface area (Å²) in [6.45, 7) is 0. The van der Waals surface area contributed by atoms with Gasteiger partial charge in [0.15, 0.2) is 0 Å². The smallest absolute Gasteiger partial charge is 0.303 e. The van der Waals surface area contributed by atoms with Crippen molar-refractivity contribution in [2.45, 2.75) is 31.8 Å². The van der Waals surface area contributed by atoms with Gasteiger partial charge in [-0.25, -0.2) is 4.57 Å². The Hall–Kier alpha value is -0.150. The van der Waals surface area contributed by atoms with Crippen LogP contribution in [0.3, 0.4) is 0 Å². The van der Waals surface area contributed by atoms with Gasteiger partial charge >= 0.3 is 7.82 Å². The fourth-order valence-corrected chi connectivity index (χ4v) is 4.28. The molecule has 84 valence electrons. The largest absolute Gasteiger partial charge is 0.469 e. The molecule has 15 heavy (non-hydrogen) atoms. The van der Waals surface area contributed by atoms with Crippen molar-refractivity contribution in [2.24, 2.45) is 17.8 Å². The summed E-state index contributed by atoms with van der Waals surface area (Å²) < 4.78 is 15.8. The topological polar surface area (TPSA) is 66.8 Å². The maximum atomic E-state index is 10.9. The molecule has 0 aromatic heterocycles. The summed E-state index contributed by atoms with van der Waals surface area (Å²) in [6.07, 6.45) is 6.21. The molecule has 4 aliphatic rings. The molecule has 2 N–H and O–H groups in total. The number of phosphoric acid groups is 1. The molecule has 0 amide bonds. The average molecular weight is 230 g/mol. The fraction of sp³-hybridized carbons (Fsp3) is 0.800. The molecule has 0 radical (unpaired) electrons. The van der Waals surface area contributed by atoms with Gasteiger partial charge in [0.05, 0.1) is 6.10 Å². The maximum absolute atomic E-state index is 10.9. The van der Waals surface area contributed by atoms with Crippen LogP contribution in [-0.4, -0.2) is 15.9 Å². The Bertz CT molecular complexity index is 340. The van der Waals surface area contributed by atoms with E-state index in [0.717, 1.165) is 25.7 Å². The molecule has 5 heteroatoms. The lowest BCUT2D eigenvalue weighted by Crippen LogP contribution is -2.44. The lowest BCUT2D eigenvalue weighted by molar-refractivity contribution is -0.0192. The molecule has 2 unspecified atom stereocenters. The minimum atomic E-state index is -4.31. The van der Waals surface area contributed by atoms with Crippen molar-refractivity contribution in [1.29, 1.82) is 0 Å². The van der Waals surface area contributed by atoms with Crippen LogP contribution in [0, 0.1) is 17.8 Å². The predicted octanol–water partition coefficient (Wildman–Crippen LogP) is 1.84. The van der Waals surface area contributed by atoms with Gasteiger partial charge in [-0.1, -0.05) is 11.6 Å². The van der Waals surface area contributed by atoms with E-state index in [0.29, 0.717) is 17.8 Å². The van der Waals surface area contributed by atoms with E-state index in [4.69, 9.17) is 14.3 Å². The molecule has 0 aromatic rings. The van der Waals surface area contributed by atoms with Crippen molar-refractivity contribution in [3.05, 3.63) is 11.6 Å². The maximum Gasteiger partial charge on any atom is 0.469 e. The van der Waals surface area contributed by atoms with Crippen LogP contribution >= 0.6 is 7.82 Å². The first-order valence-corrected chi connectivity index (χ1v) is 6.98. The van der Waals surface area contributed by atoms with E-state index in [9.17, 15) is 4.57 Å². The number of allylic oxidation sites excluding steroid dienone is 2. The minimum absolute atomic E-state index is 0.209. The van der Waals surface area contributed by atoms with Crippen molar-refractivity contribution < 1.29 is 18.9 Å². The fourth-order valence-electron chi connectivity index (χ4n) is 3.62. The second-order valence-electron chi connectivity index (χ2n) is 5.05. The van der Waals surface area contributed by atoms with Crippen LogP contribution in [0.4, 0.5) is 0 Å². The van der Waals surface area contributed by atoms with Crippen LogP contribution in [0.25, 0.3) is 0 Å². The predicted molar refractivity (Wildman–Crippen MR) is 53.9 cm³/mol. The number of rotatable bonds is 2. The molecule has 2 fully saturated rings. The van der Waals surface area contributed by atoms with E-state index < -0.39 is 7.82 Å². The highest BCUT2D eigenvalue weighted by Crippen LogP contribution is 2.55. The monoisotopic (exact) mass is 230 g/mol. The Morgan fingerprint density at radius 2 is 1.87 bits per heavy atom. The lowest BCUT2D eigenvalue weighted by atomic mass is 9.60. The third-order valence-electron chi connectivity index (χ3n) is 3.92. The quantitative estimate of drug-likeness (QED) is 0.561. The summed E-state index contributed by atoms with van der Waals surface area (Å²) in [4.78, 5) is 17.8. The van der Waals surface area contributed by atoms with Crippen LogP contribution in [-0.2, 0) is 9.09 Å². The van der Waals surface area contributed by atoms with E-state index in [2.05, 4.69) is 6.08 Å². The summed E-state index contributed by atoms with van der Waals surface area (Å²) in [5, 5.41) is 0. The zero-order valence-corrected chi connectivity index (χ0v) is 9.27. The van der Waals surface area contributed by atoms with Gasteiger partial charge in [0.2, 0.25) is 0 Å². The molecule has 0 saturated heterocycles. The van der Waals surface area contributed by atoms with Crippen LogP contribution in [0.2, 0.25) is 0 Å². The Labute approximate surface area is 88.6 Å². The summed E-state index contributed by atoms with van der Waals surface area (Å²) >= 11 is 0. The van der Waals surface area contributed by atoms with Crippen molar-refractivity contribution in [1.82, 2.24) is 0 Å². The second-order valence-corrected chi connectivity index (χ2v) is 6.24. The molecular weight excluding hydrogens is 215 g/mol. The van der Waals surface area contributed by atoms with E-state index in [1.807, 2.05) is 0 Å². The van der Waals surface area contributed by atoms with Crippen molar-refractivity contribution in [2.75, 3.05) is 0 Å². The molecule has 4 bridgehead atoms. The Morgan fingerprint density at radius 1 is 1.27 bits per heavy atom. The summed E-state index contributed by atoms with van der Waals surface area (Å²) in [6, 6.07) is 0. The lowest BCUT2D eigenvalue weighted by Gasteiger charge is -2.49. The summed E-state index contributed by atoms with van der Waals surface area (Å²) in [7, 11) is -4.31. The molecular formula is C10H15O4P. The van der Waals surface area contributed by atoms with Gasteiger partial charge in [0, 0.05) is 0 Å². The highest BCUT2D eigenvalue weighted by Gasteiger charge is 2.47. The molecule has 0 aromatic carbocycles.